The molecule has 1 rings (SSSR count). The maximum atomic E-state index is 11.4. The molecule has 6 heteroatoms. The molecule has 0 radical (unpaired) electrons. The molecule has 0 aromatic carbocycles. The van der Waals surface area contributed by atoms with E-state index < -0.39 is 0 Å². The van der Waals surface area contributed by atoms with Crippen LogP contribution in [0.15, 0.2) is 12.4 Å². The zero-order valence-electron chi connectivity index (χ0n) is 9.27. The standard InChI is InChI=1S/C10H16N4O2/c1-14-6-5-12-9(14)7-10(16)13-4-2-3-11-8-15/h5-6,8H,2-4,7H2,1H3,(H,11,15)(H,13,16). The van der Waals surface area contributed by atoms with Crippen LogP contribution in [0, 0.1) is 0 Å². The zero-order chi connectivity index (χ0) is 11.8. The van der Waals surface area contributed by atoms with Gasteiger partial charge in [0.25, 0.3) is 0 Å². The molecular weight excluding hydrogens is 208 g/mol. The smallest absolute Gasteiger partial charge is 0.227 e. The quantitative estimate of drug-likeness (QED) is 0.471. The first-order valence-corrected chi connectivity index (χ1v) is 5.14. The van der Waals surface area contributed by atoms with Crippen LogP contribution in [0.3, 0.4) is 0 Å². The topological polar surface area (TPSA) is 76.0 Å². The molecule has 1 aromatic heterocycles. The third-order valence-corrected chi connectivity index (χ3v) is 2.14. The summed E-state index contributed by atoms with van der Waals surface area (Å²) in [6.07, 6.45) is 5.12. The molecule has 0 aliphatic heterocycles. The fourth-order valence-electron chi connectivity index (χ4n) is 1.25. The first-order valence-electron chi connectivity index (χ1n) is 5.14. The number of rotatable bonds is 7. The highest BCUT2D eigenvalue weighted by atomic mass is 16.1. The lowest BCUT2D eigenvalue weighted by Gasteiger charge is -2.04. The average Bonchev–Trinajstić information content (AvgIpc) is 2.64. The summed E-state index contributed by atoms with van der Waals surface area (Å²) in [5.74, 6) is 0.684. The van der Waals surface area contributed by atoms with Crippen molar-refractivity contribution in [1.29, 1.82) is 0 Å². The van der Waals surface area contributed by atoms with Crippen LogP contribution in [-0.4, -0.2) is 35.0 Å². The molecule has 6 nitrogen and oxygen atoms in total. The summed E-state index contributed by atoms with van der Waals surface area (Å²) < 4.78 is 1.81. The van der Waals surface area contributed by atoms with Crippen molar-refractivity contribution < 1.29 is 9.59 Å². The first kappa shape index (κ1) is 12.2. The van der Waals surface area contributed by atoms with E-state index >= 15 is 0 Å². The number of nitrogens with zero attached hydrogens (tertiary/aromatic N) is 2. The summed E-state index contributed by atoms with van der Waals surface area (Å²) in [7, 11) is 1.85. The Hall–Kier alpha value is -1.85. The van der Waals surface area contributed by atoms with E-state index in [0.717, 1.165) is 12.2 Å². The average molecular weight is 224 g/mol. The van der Waals surface area contributed by atoms with Gasteiger partial charge in [0.2, 0.25) is 12.3 Å². The maximum Gasteiger partial charge on any atom is 0.227 e. The SMILES string of the molecule is Cn1ccnc1CC(=O)NCCCNC=O. The summed E-state index contributed by atoms with van der Waals surface area (Å²) in [4.78, 5) is 25.4. The largest absolute Gasteiger partial charge is 0.359 e. The zero-order valence-corrected chi connectivity index (χ0v) is 9.27. The Morgan fingerprint density at radius 2 is 2.38 bits per heavy atom. The van der Waals surface area contributed by atoms with Gasteiger partial charge in [-0.05, 0) is 6.42 Å². The molecule has 0 fully saturated rings. The van der Waals surface area contributed by atoms with E-state index in [0.29, 0.717) is 19.5 Å². The number of aromatic nitrogens is 2. The van der Waals surface area contributed by atoms with Gasteiger partial charge in [-0.25, -0.2) is 4.98 Å². The summed E-state index contributed by atoms with van der Waals surface area (Å²) >= 11 is 0. The molecule has 0 bridgehead atoms. The van der Waals surface area contributed by atoms with Crippen molar-refractivity contribution in [1.82, 2.24) is 20.2 Å². The molecule has 0 aliphatic carbocycles. The van der Waals surface area contributed by atoms with E-state index in [-0.39, 0.29) is 12.3 Å². The summed E-state index contributed by atoms with van der Waals surface area (Å²) in [5, 5.41) is 5.29. The van der Waals surface area contributed by atoms with Crippen LogP contribution < -0.4 is 10.6 Å². The van der Waals surface area contributed by atoms with E-state index in [1.807, 2.05) is 11.6 Å². The van der Waals surface area contributed by atoms with Crippen molar-refractivity contribution >= 4 is 12.3 Å². The lowest BCUT2D eigenvalue weighted by atomic mass is 10.3. The fourth-order valence-corrected chi connectivity index (χ4v) is 1.25. The summed E-state index contributed by atoms with van der Waals surface area (Å²) in [6.45, 7) is 1.14. The number of imidazole rings is 1. The van der Waals surface area contributed by atoms with E-state index in [1.54, 1.807) is 12.4 Å². The molecule has 0 unspecified atom stereocenters. The van der Waals surface area contributed by atoms with Crippen molar-refractivity contribution in [3.63, 3.8) is 0 Å². The Bertz CT molecular complexity index is 348. The van der Waals surface area contributed by atoms with E-state index in [9.17, 15) is 9.59 Å². The van der Waals surface area contributed by atoms with Gasteiger partial charge in [-0.3, -0.25) is 9.59 Å². The highest BCUT2D eigenvalue weighted by Crippen LogP contribution is 1.94. The second-order valence-electron chi connectivity index (χ2n) is 3.41. The van der Waals surface area contributed by atoms with Gasteiger partial charge >= 0.3 is 0 Å². The van der Waals surface area contributed by atoms with Gasteiger partial charge in [0.15, 0.2) is 0 Å². The number of nitrogens with one attached hydrogen (secondary N) is 2. The summed E-state index contributed by atoms with van der Waals surface area (Å²) in [6, 6.07) is 0. The third-order valence-electron chi connectivity index (χ3n) is 2.14. The van der Waals surface area contributed by atoms with Crippen LogP contribution in [0.1, 0.15) is 12.2 Å². The predicted molar refractivity (Wildman–Crippen MR) is 58.6 cm³/mol. The Morgan fingerprint density at radius 1 is 1.56 bits per heavy atom. The molecule has 88 valence electrons. The summed E-state index contributed by atoms with van der Waals surface area (Å²) in [5.41, 5.74) is 0. The maximum absolute atomic E-state index is 11.4. The molecule has 0 saturated heterocycles. The highest BCUT2D eigenvalue weighted by molar-refractivity contribution is 5.77. The Balaban J connectivity index is 2.16. The Morgan fingerprint density at radius 3 is 3.00 bits per heavy atom. The second kappa shape index (κ2) is 6.60. The fraction of sp³-hybridized carbons (Fsp3) is 0.500. The monoisotopic (exact) mass is 224 g/mol. The predicted octanol–water partition coefficient (Wildman–Crippen LogP) is -0.785. The van der Waals surface area contributed by atoms with Gasteiger partial charge in [-0.15, -0.1) is 0 Å². The highest BCUT2D eigenvalue weighted by Gasteiger charge is 2.05. The lowest BCUT2D eigenvalue weighted by molar-refractivity contribution is -0.120. The van der Waals surface area contributed by atoms with Crippen molar-refractivity contribution in [2.24, 2.45) is 7.05 Å². The minimum Gasteiger partial charge on any atom is -0.359 e. The molecule has 0 aliphatic rings. The van der Waals surface area contributed by atoms with Crippen LogP contribution in [0.5, 0.6) is 0 Å². The molecule has 1 heterocycles. The number of hydrogen-bond donors (Lipinski definition) is 2. The molecule has 2 N–H and O–H groups in total. The lowest BCUT2D eigenvalue weighted by Crippen LogP contribution is -2.29. The molecule has 0 atom stereocenters. The molecular formula is C10H16N4O2. The molecule has 0 saturated carbocycles. The van der Waals surface area contributed by atoms with Crippen molar-refractivity contribution in [2.75, 3.05) is 13.1 Å². The minimum atomic E-state index is -0.0552. The van der Waals surface area contributed by atoms with E-state index in [4.69, 9.17) is 0 Å². The number of carbonyl (C=O) groups excluding carboxylic acids is 2. The van der Waals surface area contributed by atoms with E-state index in [1.165, 1.54) is 0 Å². The minimum absolute atomic E-state index is 0.0552. The van der Waals surface area contributed by atoms with Crippen LogP contribution in [0.4, 0.5) is 0 Å². The van der Waals surface area contributed by atoms with Gasteiger partial charge in [-0.2, -0.15) is 0 Å². The molecule has 1 aromatic rings. The van der Waals surface area contributed by atoms with Crippen LogP contribution in [0.25, 0.3) is 0 Å². The third kappa shape index (κ3) is 4.12. The molecule has 16 heavy (non-hydrogen) atoms. The Kier molecular flexibility index (Phi) is 5.04. The van der Waals surface area contributed by atoms with Gasteiger partial charge in [0.05, 0.1) is 6.42 Å². The Labute approximate surface area is 94.0 Å². The van der Waals surface area contributed by atoms with Crippen LogP contribution in [0.2, 0.25) is 0 Å². The van der Waals surface area contributed by atoms with Gasteiger partial charge in [-0.1, -0.05) is 0 Å². The van der Waals surface area contributed by atoms with E-state index in [2.05, 4.69) is 15.6 Å². The second-order valence-corrected chi connectivity index (χ2v) is 3.41. The number of carbonyl (C=O) groups is 2. The van der Waals surface area contributed by atoms with Crippen molar-refractivity contribution in [2.45, 2.75) is 12.8 Å². The normalized spacial score (nSPS) is 9.81. The van der Waals surface area contributed by atoms with Crippen LogP contribution in [-0.2, 0) is 23.1 Å². The van der Waals surface area contributed by atoms with Gasteiger partial charge in [0.1, 0.15) is 5.82 Å². The van der Waals surface area contributed by atoms with Crippen molar-refractivity contribution in [3.05, 3.63) is 18.2 Å². The van der Waals surface area contributed by atoms with Crippen LogP contribution >= 0.6 is 0 Å². The number of hydrogen-bond acceptors (Lipinski definition) is 3. The van der Waals surface area contributed by atoms with Crippen molar-refractivity contribution in [3.8, 4) is 0 Å². The first-order chi connectivity index (χ1) is 7.74. The number of aryl methyl sites for hydroxylation is 1. The van der Waals surface area contributed by atoms with Gasteiger partial charge < -0.3 is 15.2 Å². The molecule has 2 amide bonds. The number of amides is 2. The molecule has 0 spiro atoms. The van der Waals surface area contributed by atoms with Gasteiger partial charge in [0, 0.05) is 32.5 Å².